The summed E-state index contributed by atoms with van der Waals surface area (Å²) >= 11 is 0. The molecule has 0 saturated carbocycles. The summed E-state index contributed by atoms with van der Waals surface area (Å²) in [7, 11) is 0. The molecule has 34 heavy (non-hydrogen) atoms. The predicted molar refractivity (Wildman–Crippen MR) is 129 cm³/mol. The van der Waals surface area contributed by atoms with Gasteiger partial charge in [-0.2, -0.15) is 9.97 Å². The van der Waals surface area contributed by atoms with Gasteiger partial charge in [0.15, 0.2) is 17.0 Å². The van der Waals surface area contributed by atoms with Gasteiger partial charge >= 0.3 is 5.97 Å². The molecule has 0 radical (unpaired) electrons. The van der Waals surface area contributed by atoms with Crippen molar-refractivity contribution in [2.75, 3.05) is 22.9 Å². The standard InChI is InChI=1S/C23H26N8O3/c1-4-9-31(12-16-11-26-21-19(28-16)20(24)29-23(25)30-21)17-7-6-15(10-13(17)2)22(34)27-14(3)5-8-18(32)33/h1,6-7,10-11,14H,5,8-9,12H2,2-3H3,(H,27,34)(H,32,33)(H4,24,25,26,29,30). The molecule has 1 amide bonds. The zero-order valence-corrected chi connectivity index (χ0v) is 18.9. The Labute approximate surface area is 196 Å². The summed E-state index contributed by atoms with van der Waals surface area (Å²) in [6, 6.07) is 5.01. The van der Waals surface area contributed by atoms with Gasteiger partial charge in [-0.25, -0.2) is 9.97 Å². The van der Waals surface area contributed by atoms with Gasteiger partial charge in [0, 0.05) is 23.7 Å². The molecule has 0 saturated heterocycles. The number of carboxylic acids is 1. The van der Waals surface area contributed by atoms with Crippen molar-refractivity contribution in [1.82, 2.24) is 25.3 Å². The van der Waals surface area contributed by atoms with Crippen molar-refractivity contribution in [2.45, 2.75) is 39.3 Å². The van der Waals surface area contributed by atoms with Crippen molar-refractivity contribution in [3.05, 3.63) is 41.2 Å². The Morgan fingerprint density at radius 1 is 1.26 bits per heavy atom. The lowest BCUT2D eigenvalue weighted by atomic mass is 10.1. The molecule has 11 heteroatoms. The third-order valence-electron chi connectivity index (χ3n) is 5.10. The van der Waals surface area contributed by atoms with Crippen molar-refractivity contribution in [2.24, 2.45) is 0 Å². The summed E-state index contributed by atoms with van der Waals surface area (Å²) in [5.74, 6) is 1.64. The van der Waals surface area contributed by atoms with E-state index in [1.807, 2.05) is 17.9 Å². The number of nitrogen functional groups attached to an aromatic ring is 2. The second-order valence-corrected chi connectivity index (χ2v) is 7.87. The molecular formula is C23H26N8O3. The summed E-state index contributed by atoms with van der Waals surface area (Å²) in [5, 5.41) is 11.6. The van der Waals surface area contributed by atoms with Crippen LogP contribution in [0.25, 0.3) is 11.2 Å². The number of nitrogens with one attached hydrogen (secondary N) is 1. The van der Waals surface area contributed by atoms with Gasteiger partial charge in [0.2, 0.25) is 5.95 Å². The van der Waals surface area contributed by atoms with E-state index >= 15 is 0 Å². The first-order chi connectivity index (χ1) is 16.2. The number of rotatable bonds is 9. The van der Waals surface area contributed by atoms with Gasteiger partial charge in [-0.15, -0.1) is 6.42 Å². The fourth-order valence-corrected chi connectivity index (χ4v) is 3.46. The molecule has 0 aliphatic carbocycles. The molecule has 0 aliphatic rings. The van der Waals surface area contributed by atoms with E-state index in [9.17, 15) is 9.59 Å². The normalized spacial score (nSPS) is 11.6. The van der Waals surface area contributed by atoms with E-state index in [0.717, 1.165) is 11.3 Å². The number of terminal acetylenes is 1. The van der Waals surface area contributed by atoms with Crippen LogP contribution in [0.15, 0.2) is 24.4 Å². The van der Waals surface area contributed by atoms with Crippen LogP contribution in [0.1, 0.15) is 41.4 Å². The molecule has 1 aromatic carbocycles. The van der Waals surface area contributed by atoms with E-state index < -0.39 is 5.97 Å². The molecule has 2 aromatic heterocycles. The van der Waals surface area contributed by atoms with Crippen LogP contribution in [0.5, 0.6) is 0 Å². The number of carbonyl (C=O) groups excluding carboxylic acids is 1. The lowest BCUT2D eigenvalue weighted by molar-refractivity contribution is -0.137. The van der Waals surface area contributed by atoms with Crippen molar-refractivity contribution in [1.29, 1.82) is 0 Å². The third-order valence-corrected chi connectivity index (χ3v) is 5.10. The molecule has 176 valence electrons. The number of hydrogen-bond donors (Lipinski definition) is 4. The van der Waals surface area contributed by atoms with Gasteiger partial charge in [-0.05, 0) is 44.0 Å². The molecule has 3 rings (SSSR count). The Morgan fingerprint density at radius 2 is 2.03 bits per heavy atom. The molecule has 2 heterocycles. The van der Waals surface area contributed by atoms with E-state index in [0.29, 0.717) is 41.9 Å². The van der Waals surface area contributed by atoms with Crippen molar-refractivity contribution < 1.29 is 14.7 Å². The van der Waals surface area contributed by atoms with Crippen LogP contribution in [-0.4, -0.2) is 49.5 Å². The highest BCUT2D eigenvalue weighted by Gasteiger charge is 2.16. The molecule has 1 atom stereocenters. The lowest BCUT2D eigenvalue weighted by Gasteiger charge is -2.24. The highest BCUT2D eigenvalue weighted by atomic mass is 16.4. The second kappa shape index (κ2) is 10.4. The Kier molecular flexibility index (Phi) is 7.43. The summed E-state index contributed by atoms with van der Waals surface area (Å²) in [6.45, 7) is 4.29. The van der Waals surface area contributed by atoms with Crippen LogP contribution < -0.4 is 21.7 Å². The zero-order valence-electron chi connectivity index (χ0n) is 18.9. The number of amides is 1. The Bertz CT molecular complexity index is 1270. The van der Waals surface area contributed by atoms with Gasteiger partial charge in [-0.3, -0.25) is 9.59 Å². The second-order valence-electron chi connectivity index (χ2n) is 7.87. The smallest absolute Gasteiger partial charge is 0.303 e. The number of aromatic nitrogens is 4. The highest BCUT2D eigenvalue weighted by Crippen LogP contribution is 2.24. The van der Waals surface area contributed by atoms with E-state index in [-0.39, 0.29) is 30.1 Å². The predicted octanol–water partition coefficient (Wildman–Crippen LogP) is 1.52. The minimum atomic E-state index is -0.898. The van der Waals surface area contributed by atoms with E-state index in [1.54, 1.807) is 25.3 Å². The number of aryl methyl sites for hydroxylation is 1. The summed E-state index contributed by atoms with van der Waals surface area (Å²) in [6.07, 6.45) is 7.51. The number of aliphatic carboxylic acids is 1. The van der Waals surface area contributed by atoms with Crippen molar-refractivity contribution in [3.8, 4) is 12.3 Å². The van der Waals surface area contributed by atoms with Crippen LogP contribution >= 0.6 is 0 Å². The molecule has 0 aliphatic heterocycles. The summed E-state index contributed by atoms with van der Waals surface area (Å²) < 4.78 is 0. The number of anilines is 3. The Hall–Kier alpha value is -4.46. The number of hydrogen-bond acceptors (Lipinski definition) is 9. The quantitative estimate of drug-likeness (QED) is 0.341. The van der Waals surface area contributed by atoms with Gasteiger partial charge in [0.25, 0.3) is 5.91 Å². The fourth-order valence-electron chi connectivity index (χ4n) is 3.46. The fraction of sp³-hybridized carbons (Fsp3) is 0.304. The van der Waals surface area contributed by atoms with E-state index in [2.05, 4.69) is 31.2 Å². The third kappa shape index (κ3) is 5.86. The average molecular weight is 463 g/mol. The summed E-state index contributed by atoms with van der Waals surface area (Å²) in [5.41, 5.74) is 14.9. The van der Waals surface area contributed by atoms with Crippen molar-refractivity contribution >= 4 is 40.5 Å². The first-order valence-corrected chi connectivity index (χ1v) is 10.5. The van der Waals surface area contributed by atoms with E-state index in [4.69, 9.17) is 23.0 Å². The number of fused-ring (bicyclic) bond motifs is 1. The minimum absolute atomic E-state index is 0.0106. The maximum atomic E-state index is 12.6. The number of carboxylic acid groups (broad SMARTS) is 1. The van der Waals surface area contributed by atoms with Crippen LogP contribution in [0.3, 0.4) is 0 Å². The maximum Gasteiger partial charge on any atom is 0.303 e. The zero-order chi connectivity index (χ0) is 24.8. The monoisotopic (exact) mass is 462 g/mol. The molecule has 0 spiro atoms. The van der Waals surface area contributed by atoms with Crippen LogP contribution in [-0.2, 0) is 11.3 Å². The SMILES string of the molecule is C#CCN(Cc1cnc2nc(N)nc(N)c2n1)c1ccc(C(=O)NC(C)CCC(=O)O)cc1C. The average Bonchev–Trinajstić information content (AvgIpc) is 2.77. The van der Waals surface area contributed by atoms with Crippen LogP contribution in [0.2, 0.25) is 0 Å². The molecule has 0 bridgehead atoms. The number of carbonyl (C=O) groups is 2. The largest absolute Gasteiger partial charge is 0.481 e. The molecule has 3 aromatic rings. The topological polar surface area (TPSA) is 173 Å². The van der Waals surface area contributed by atoms with Crippen LogP contribution in [0, 0.1) is 19.3 Å². The molecular weight excluding hydrogens is 436 g/mol. The molecule has 0 fully saturated rings. The molecule has 6 N–H and O–H groups in total. The summed E-state index contributed by atoms with van der Waals surface area (Å²) in [4.78, 5) is 42.0. The molecule has 11 nitrogen and oxygen atoms in total. The number of nitrogens with zero attached hydrogens (tertiary/aromatic N) is 5. The Balaban J connectivity index is 1.79. The lowest BCUT2D eigenvalue weighted by Crippen LogP contribution is -2.33. The van der Waals surface area contributed by atoms with Crippen LogP contribution in [0.4, 0.5) is 17.5 Å². The minimum Gasteiger partial charge on any atom is -0.481 e. The van der Waals surface area contributed by atoms with Gasteiger partial charge in [0.1, 0.15) is 0 Å². The first-order valence-electron chi connectivity index (χ1n) is 10.5. The maximum absolute atomic E-state index is 12.6. The Morgan fingerprint density at radius 3 is 2.71 bits per heavy atom. The van der Waals surface area contributed by atoms with E-state index in [1.165, 1.54) is 0 Å². The van der Waals surface area contributed by atoms with Gasteiger partial charge in [-0.1, -0.05) is 5.92 Å². The van der Waals surface area contributed by atoms with Gasteiger partial charge in [0.05, 0.1) is 25.0 Å². The van der Waals surface area contributed by atoms with Crippen molar-refractivity contribution in [3.63, 3.8) is 0 Å². The molecule has 1 unspecified atom stereocenters. The highest BCUT2D eigenvalue weighted by molar-refractivity contribution is 5.95. The number of nitrogens with two attached hydrogens (primary N) is 2. The van der Waals surface area contributed by atoms with Gasteiger partial charge < -0.3 is 26.8 Å². The number of benzene rings is 1. The first kappa shape index (κ1) is 24.2.